The predicted octanol–water partition coefficient (Wildman–Crippen LogP) is 4.09. The van der Waals surface area contributed by atoms with E-state index in [-0.39, 0.29) is 22.3 Å². The summed E-state index contributed by atoms with van der Waals surface area (Å²) in [6.07, 6.45) is 2.59. The Morgan fingerprint density at radius 3 is 2.34 bits per heavy atom. The van der Waals surface area contributed by atoms with Crippen molar-refractivity contribution in [3.8, 4) is 22.9 Å². The molecule has 0 bridgehead atoms. The minimum absolute atomic E-state index is 0.0383. The fourth-order valence-electron chi connectivity index (χ4n) is 3.60. The summed E-state index contributed by atoms with van der Waals surface area (Å²) in [5.41, 5.74) is 3.87. The molecule has 0 aliphatic carbocycles. The van der Waals surface area contributed by atoms with Crippen molar-refractivity contribution in [3.05, 3.63) is 77.1 Å². The Morgan fingerprint density at radius 2 is 1.74 bits per heavy atom. The first kappa shape index (κ1) is 23.9. The van der Waals surface area contributed by atoms with E-state index in [0.29, 0.717) is 17.0 Å². The van der Waals surface area contributed by atoms with E-state index in [4.69, 9.17) is 4.74 Å². The zero-order valence-corrected chi connectivity index (χ0v) is 20.3. The molecule has 35 heavy (non-hydrogen) atoms. The van der Waals surface area contributed by atoms with Gasteiger partial charge in [-0.25, -0.2) is 22.9 Å². The third-order valence-corrected chi connectivity index (χ3v) is 6.58. The number of sulfonamides is 1. The number of carboxylic acid groups (broad SMARTS) is 1. The maximum atomic E-state index is 12.9. The van der Waals surface area contributed by atoms with Crippen molar-refractivity contribution in [1.82, 2.24) is 19.7 Å². The standard InChI is InChI=1S/C24H23N5O5S/c1-14-6-5-7-15(2)22(14)19-11-21(34-20-9-8-17(23(30)31)10-16(20)3)27-24(26-19)28-35(32,33)18-12-25-29(4)13-18/h5-13H,1-4H3,(H,30,31)(H,26,27,28). The van der Waals surface area contributed by atoms with Crippen LogP contribution in [0, 0.1) is 20.8 Å². The molecule has 0 saturated heterocycles. The SMILES string of the molecule is Cc1cc(C(=O)O)ccc1Oc1cc(-c2c(C)cccc2C)nc(NS(=O)(=O)c2cnn(C)c2)n1. The van der Waals surface area contributed by atoms with Crippen molar-refractivity contribution >= 4 is 21.9 Å². The minimum Gasteiger partial charge on any atom is -0.478 e. The predicted molar refractivity (Wildman–Crippen MR) is 129 cm³/mol. The van der Waals surface area contributed by atoms with E-state index in [1.807, 2.05) is 32.0 Å². The van der Waals surface area contributed by atoms with Crippen molar-refractivity contribution in [2.24, 2.45) is 7.05 Å². The summed E-state index contributed by atoms with van der Waals surface area (Å²) in [6, 6.07) is 11.8. The zero-order chi connectivity index (χ0) is 25.3. The van der Waals surface area contributed by atoms with Crippen molar-refractivity contribution in [1.29, 1.82) is 0 Å². The number of aromatic nitrogens is 4. The van der Waals surface area contributed by atoms with Gasteiger partial charge in [0.15, 0.2) is 0 Å². The largest absolute Gasteiger partial charge is 0.478 e. The Balaban J connectivity index is 1.80. The van der Waals surface area contributed by atoms with Crippen LogP contribution in [-0.2, 0) is 17.1 Å². The number of nitrogens with one attached hydrogen (secondary N) is 1. The van der Waals surface area contributed by atoms with Gasteiger partial charge in [0.05, 0.1) is 17.5 Å². The smallest absolute Gasteiger partial charge is 0.335 e. The number of carboxylic acids is 1. The van der Waals surface area contributed by atoms with Crippen LogP contribution in [0.1, 0.15) is 27.0 Å². The number of aryl methyl sites for hydroxylation is 4. The van der Waals surface area contributed by atoms with Gasteiger partial charge in [-0.15, -0.1) is 0 Å². The van der Waals surface area contributed by atoms with Crippen LogP contribution in [-0.4, -0.2) is 39.2 Å². The summed E-state index contributed by atoms with van der Waals surface area (Å²) < 4.78 is 35.5. The quantitative estimate of drug-likeness (QED) is 0.393. The maximum Gasteiger partial charge on any atom is 0.335 e. The molecule has 0 fully saturated rings. The Labute approximate surface area is 202 Å². The van der Waals surface area contributed by atoms with Crippen LogP contribution in [0.5, 0.6) is 11.6 Å². The van der Waals surface area contributed by atoms with E-state index in [9.17, 15) is 18.3 Å². The number of nitrogens with zero attached hydrogens (tertiary/aromatic N) is 4. The molecule has 11 heteroatoms. The number of aromatic carboxylic acids is 1. The van der Waals surface area contributed by atoms with Crippen LogP contribution in [0.2, 0.25) is 0 Å². The molecule has 2 N–H and O–H groups in total. The summed E-state index contributed by atoms with van der Waals surface area (Å²) in [6.45, 7) is 5.57. The Bertz CT molecular complexity index is 1530. The number of rotatable bonds is 7. The van der Waals surface area contributed by atoms with Crippen molar-refractivity contribution in [2.75, 3.05) is 4.72 Å². The highest BCUT2D eigenvalue weighted by molar-refractivity contribution is 7.92. The van der Waals surface area contributed by atoms with Gasteiger partial charge in [-0.2, -0.15) is 10.1 Å². The van der Waals surface area contributed by atoms with E-state index in [0.717, 1.165) is 16.7 Å². The zero-order valence-electron chi connectivity index (χ0n) is 19.5. The normalized spacial score (nSPS) is 11.3. The first-order chi connectivity index (χ1) is 16.5. The van der Waals surface area contributed by atoms with Gasteiger partial charge in [0.1, 0.15) is 10.6 Å². The number of anilines is 1. The van der Waals surface area contributed by atoms with Crippen LogP contribution >= 0.6 is 0 Å². The third kappa shape index (κ3) is 5.14. The lowest BCUT2D eigenvalue weighted by Crippen LogP contribution is -2.15. The van der Waals surface area contributed by atoms with Gasteiger partial charge in [-0.05, 0) is 55.7 Å². The topological polar surface area (TPSA) is 136 Å². The van der Waals surface area contributed by atoms with Crippen LogP contribution in [0.25, 0.3) is 11.3 Å². The first-order valence-electron chi connectivity index (χ1n) is 10.5. The van der Waals surface area contributed by atoms with E-state index < -0.39 is 16.0 Å². The summed E-state index contributed by atoms with van der Waals surface area (Å²) in [4.78, 5) is 19.9. The van der Waals surface area contributed by atoms with Crippen LogP contribution in [0.4, 0.5) is 5.95 Å². The fraction of sp³-hybridized carbons (Fsp3) is 0.167. The fourth-order valence-corrected chi connectivity index (χ4v) is 4.52. The Hall–Kier alpha value is -4.25. The second-order valence-corrected chi connectivity index (χ2v) is 9.71. The highest BCUT2D eigenvalue weighted by Gasteiger charge is 2.20. The second-order valence-electron chi connectivity index (χ2n) is 8.02. The highest BCUT2D eigenvalue weighted by atomic mass is 32.2. The lowest BCUT2D eigenvalue weighted by Gasteiger charge is -2.14. The molecule has 180 valence electrons. The molecule has 0 spiro atoms. The van der Waals surface area contributed by atoms with Crippen molar-refractivity contribution < 1.29 is 23.1 Å². The molecule has 2 aromatic heterocycles. The molecule has 0 amide bonds. The Kier molecular flexibility index (Phi) is 6.27. The summed E-state index contributed by atoms with van der Waals surface area (Å²) in [7, 11) is -2.39. The molecule has 0 radical (unpaired) electrons. The number of ether oxygens (including phenoxy) is 1. The monoisotopic (exact) mass is 493 g/mol. The lowest BCUT2D eigenvalue weighted by molar-refractivity contribution is 0.0696. The molecule has 10 nitrogen and oxygen atoms in total. The molecule has 0 atom stereocenters. The summed E-state index contributed by atoms with van der Waals surface area (Å²) in [5, 5.41) is 13.1. The number of carbonyl (C=O) groups is 1. The number of hydrogen-bond acceptors (Lipinski definition) is 7. The molecule has 2 aromatic carbocycles. The van der Waals surface area contributed by atoms with Crippen LogP contribution in [0.3, 0.4) is 0 Å². The molecular formula is C24H23N5O5S. The minimum atomic E-state index is -4.00. The summed E-state index contributed by atoms with van der Waals surface area (Å²) >= 11 is 0. The van der Waals surface area contributed by atoms with Gasteiger partial charge in [0.2, 0.25) is 11.8 Å². The molecule has 2 heterocycles. The van der Waals surface area contributed by atoms with E-state index in [1.54, 1.807) is 20.0 Å². The van der Waals surface area contributed by atoms with Gasteiger partial charge < -0.3 is 9.84 Å². The van der Waals surface area contributed by atoms with Gasteiger partial charge in [0, 0.05) is 24.9 Å². The second kappa shape index (κ2) is 9.18. The average Bonchev–Trinajstić information content (AvgIpc) is 3.22. The third-order valence-electron chi connectivity index (χ3n) is 5.29. The van der Waals surface area contributed by atoms with E-state index in [2.05, 4.69) is 19.8 Å². The number of benzene rings is 2. The van der Waals surface area contributed by atoms with Gasteiger partial charge >= 0.3 is 5.97 Å². The number of hydrogen-bond donors (Lipinski definition) is 2. The van der Waals surface area contributed by atoms with Gasteiger partial charge in [-0.1, -0.05) is 18.2 Å². The first-order valence-corrected chi connectivity index (χ1v) is 12.0. The van der Waals surface area contributed by atoms with E-state index >= 15 is 0 Å². The maximum absolute atomic E-state index is 12.9. The lowest BCUT2D eigenvalue weighted by atomic mass is 10.00. The molecular weight excluding hydrogens is 470 g/mol. The van der Waals surface area contributed by atoms with Crippen LogP contribution < -0.4 is 9.46 Å². The van der Waals surface area contributed by atoms with Gasteiger partial charge in [0.25, 0.3) is 10.0 Å². The summed E-state index contributed by atoms with van der Waals surface area (Å²) in [5.74, 6) is -0.759. The van der Waals surface area contributed by atoms with Crippen molar-refractivity contribution in [2.45, 2.75) is 25.7 Å². The molecule has 0 saturated carbocycles. The Morgan fingerprint density at radius 1 is 1.03 bits per heavy atom. The van der Waals surface area contributed by atoms with Crippen molar-refractivity contribution in [3.63, 3.8) is 0 Å². The average molecular weight is 494 g/mol. The molecule has 0 aliphatic heterocycles. The molecule has 0 unspecified atom stereocenters. The van der Waals surface area contributed by atoms with Gasteiger partial charge in [-0.3, -0.25) is 4.68 Å². The van der Waals surface area contributed by atoms with E-state index in [1.165, 1.54) is 35.3 Å². The molecule has 4 aromatic rings. The molecule has 4 rings (SSSR count). The van der Waals surface area contributed by atoms with Crippen LogP contribution in [0.15, 0.2) is 59.8 Å². The molecule has 0 aliphatic rings. The highest BCUT2D eigenvalue weighted by Crippen LogP contribution is 2.32.